The van der Waals surface area contributed by atoms with Gasteiger partial charge < -0.3 is 15.0 Å². The number of hydrogen-bond donors (Lipinski definition) is 2. The number of ketones is 1. The van der Waals surface area contributed by atoms with Crippen LogP contribution in [0.4, 0.5) is 14.5 Å². The number of fused-ring (bicyclic) bond motifs is 1. The second kappa shape index (κ2) is 6.53. The maximum absolute atomic E-state index is 13.8. The molecule has 0 unspecified atom stereocenters. The van der Waals surface area contributed by atoms with E-state index in [1.807, 2.05) is 0 Å². The van der Waals surface area contributed by atoms with Crippen molar-refractivity contribution in [2.45, 2.75) is 26.1 Å². The average molecular weight is 383 g/mol. The molecule has 2 aromatic rings. The van der Waals surface area contributed by atoms with Gasteiger partial charge in [0.15, 0.2) is 0 Å². The van der Waals surface area contributed by atoms with Gasteiger partial charge in [-0.15, -0.1) is 0 Å². The molecule has 1 atom stereocenters. The number of nitrogens with one attached hydrogen (secondary N) is 1. The van der Waals surface area contributed by atoms with Crippen LogP contribution in [0.2, 0.25) is 5.02 Å². The number of aliphatic carboxylic acids is 1. The van der Waals surface area contributed by atoms with E-state index in [2.05, 4.69) is 5.32 Å². The average Bonchev–Trinajstić information content (AvgIpc) is 3.03. The van der Waals surface area contributed by atoms with Crippen LogP contribution in [-0.4, -0.2) is 33.5 Å². The van der Waals surface area contributed by atoms with Gasteiger partial charge in [0, 0.05) is 17.8 Å². The molecule has 1 aromatic carbocycles. The van der Waals surface area contributed by atoms with Gasteiger partial charge in [-0.3, -0.25) is 9.59 Å². The first kappa shape index (κ1) is 18.1. The standard InChI is InChI=1S/C17H13ClF2N2O4/c1-7-13(15(23)17(25)26)12-4-8(19)6-22(12)14(7)16(24)21-9-2-3-11(20)10(18)5-9/h2-3,5,8H,4,6H2,1H3,(H,21,24)(H,25,26)/t8-/m1/s1. The van der Waals surface area contributed by atoms with Gasteiger partial charge in [-0.1, -0.05) is 11.6 Å². The molecule has 9 heteroatoms. The Balaban J connectivity index is 2.03. The minimum absolute atomic E-state index is 0.00908. The number of Topliss-reactive ketones (excluding diaryl/α,β-unsaturated/α-hetero) is 1. The third kappa shape index (κ3) is 2.96. The Bertz CT molecular complexity index is 955. The van der Waals surface area contributed by atoms with Gasteiger partial charge in [0.1, 0.15) is 17.7 Å². The van der Waals surface area contributed by atoms with Crippen LogP contribution in [-0.2, 0) is 17.8 Å². The van der Waals surface area contributed by atoms with Crippen molar-refractivity contribution < 1.29 is 28.3 Å². The number of anilines is 1. The summed E-state index contributed by atoms with van der Waals surface area (Å²) >= 11 is 5.68. The summed E-state index contributed by atoms with van der Waals surface area (Å²) in [5, 5.41) is 11.3. The summed E-state index contributed by atoms with van der Waals surface area (Å²) in [5.41, 5.74) is 0.372. The number of carboxylic acid groups (broad SMARTS) is 1. The van der Waals surface area contributed by atoms with Crippen molar-refractivity contribution in [1.29, 1.82) is 0 Å². The van der Waals surface area contributed by atoms with Crippen molar-refractivity contribution in [3.05, 3.63) is 51.6 Å². The summed E-state index contributed by atoms with van der Waals surface area (Å²) in [4.78, 5) is 35.7. The van der Waals surface area contributed by atoms with Gasteiger partial charge >= 0.3 is 5.97 Å². The number of carbonyl (C=O) groups is 3. The van der Waals surface area contributed by atoms with Crippen molar-refractivity contribution in [2.75, 3.05) is 5.32 Å². The topological polar surface area (TPSA) is 88.4 Å². The highest BCUT2D eigenvalue weighted by Gasteiger charge is 2.36. The zero-order valence-electron chi connectivity index (χ0n) is 13.5. The lowest BCUT2D eigenvalue weighted by Gasteiger charge is -2.10. The van der Waals surface area contributed by atoms with Gasteiger partial charge in [-0.05, 0) is 30.7 Å². The lowest BCUT2D eigenvalue weighted by molar-refractivity contribution is -0.131. The first-order chi connectivity index (χ1) is 12.2. The van der Waals surface area contributed by atoms with E-state index in [9.17, 15) is 23.2 Å². The van der Waals surface area contributed by atoms with E-state index in [0.29, 0.717) is 0 Å². The molecule has 1 amide bonds. The molecule has 2 heterocycles. The lowest BCUT2D eigenvalue weighted by Crippen LogP contribution is -2.19. The number of nitrogens with zero attached hydrogens (tertiary/aromatic N) is 1. The minimum Gasteiger partial charge on any atom is -0.475 e. The summed E-state index contributed by atoms with van der Waals surface area (Å²) in [6.07, 6.45) is -1.47. The third-order valence-corrected chi connectivity index (χ3v) is 4.51. The van der Waals surface area contributed by atoms with Crippen molar-refractivity contribution in [3.63, 3.8) is 0 Å². The molecule has 0 saturated heterocycles. The number of carbonyl (C=O) groups excluding carboxylic acids is 2. The highest BCUT2D eigenvalue weighted by atomic mass is 35.5. The number of benzene rings is 1. The largest absolute Gasteiger partial charge is 0.475 e. The molecule has 0 fully saturated rings. The Labute approximate surface area is 151 Å². The number of rotatable bonds is 4. The lowest BCUT2D eigenvalue weighted by atomic mass is 10.0. The Morgan fingerprint density at radius 2 is 2.04 bits per heavy atom. The van der Waals surface area contributed by atoms with Gasteiger partial charge in [0.05, 0.1) is 17.1 Å². The van der Waals surface area contributed by atoms with E-state index >= 15 is 0 Å². The molecular weight excluding hydrogens is 370 g/mol. The predicted octanol–water partition coefficient (Wildman–Crippen LogP) is 3.00. The second-order valence-electron chi connectivity index (χ2n) is 5.92. The number of amides is 1. The van der Waals surface area contributed by atoms with Gasteiger partial charge in [0.2, 0.25) is 0 Å². The van der Waals surface area contributed by atoms with Crippen LogP contribution < -0.4 is 5.32 Å². The number of carboxylic acids is 1. The molecule has 6 nitrogen and oxygen atoms in total. The molecule has 0 aliphatic carbocycles. The van der Waals surface area contributed by atoms with Gasteiger partial charge in [-0.2, -0.15) is 0 Å². The molecule has 0 spiro atoms. The van der Waals surface area contributed by atoms with Crippen molar-refractivity contribution in [3.8, 4) is 0 Å². The molecule has 1 aromatic heterocycles. The highest BCUT2D eigenvalue weighted by Crippen LogP contribution is 2.31. The van der Waals surface area contributed by atoms with Crippen molar-refractivity contribution >= 4 is 34.9 Å². The first-order valence-electron chi connectivity index (χ1n) is 7.60. The zero-order chi connectivity index (χ0) is 19.2. The van der Waals surface area contributed by atoms with Crippen LogP contribution >= 0.6 is 11.6 Å². The number of alkyl halides is 1. The van der Waals surface area contributed by atoms with Crippen LogP contribution in [0.3, 0.4) is 0 Å². The maximum atomic E-state index is 13.8. The molecule has 26 heavy (non-hydrogen) atoms. The summed E-state index contributed by atoms with van der Waals surface area (Å²) in [6.45, 7) is 1.28. The quantitative estimate of drug-likeness (QED) is 0.628. The number of halogens is 3. The van der Waals surface area contributed by atoms with Crippen molar-refractivity contribution in [2.24, 2.45) is 0 Å². The predicted molar refractivity (Wildman–Crippen MR) is 89.1 cm³/mol. The van der Waals surface area contributed by atoms with Crippen LogP contribution in [0.15, 0.2) is 18.2 Å². The molecule has 1 aliphatic heterocycles. The monoisotopic (exact) mass is 382 g/mol. The summed E-state index contributed by atoms with van der Waals surface area (Å²) in [5.74, 6) is -4.20. The maximum Gasteiger partial charge on any atom is 0.377 e. The summed E-state index contributed by atoms with van der Waals surface area (Å²) < 4.78 is 28.4. The van der Waals surface area contributed by atoms with Gasteiger partial charge in [-0.25, -0.2) is 13.6 Å². The van der Waals surface area contributed by atoms with E-state index < -0.39 is 29.6 Å². The summed E-state index contributed by atoms with van der Waals surface area (Å²) in [6, 6.07) is 3.58. The van der Waals surface area contributed by atoms with Crippen molar-refractivity contribution in [1.82, 2.24) is 4.57 Å². The Kier molecular flexibility index (Phi) is 4.53. The Morgan fingerprint density at radius 1 is 1.35 bits per heavy atom. The van der Waals surface area contributed by atoms with Crippen LogP contribution in [0, 0.1) is 12.7 Å². The Hall–Kier alpha value is -2.74. The fourth-order valence-electron chi connectivity index (χ4n) is 3.16. The minimum atomic E-state index is -1.68. The van der Waals surface area contributed by atoms with E-state index in [-0.39, 0.29) is 46.2 Å². The Morgan fingerprint density at radius 3 is 2.65 bits per heavy atom. The fourth-order valence-corrected chi connectivity index (χ4v) is 3.34. The van der Waals surface area contributed by atoms with Crippen LogP contribution in [0.1, 0.15) is 32.1 Å². The van der Waals surface area contributed by atoms with Crippen LogP contribution in [0.5, 0.6) is 0 Å². The zero-order valence-corrected chi connectivity index (χ0v) is 14.2. The molecule has 136 valence electrons. The second-order valence-corrected chi connectivity index (χ2v) is 6.33. The van der Waals surface area contributed by atoms with E-state index in [1.165, 1.54) is 23.6 Å². The van der Waals surface area contributed by atoms with E-state index in [4.69, 9.17) is 16.7 Å². The molecule has 0 radical (unpaired) electrons. The SMILES string of the molecule is Cc1c(C(=O)C(=O)O)c2n(c1C(=O)Nc1ccc(F)c(Cl)c1)C[C@H](F)C2. The number of hydrogen-bond acceptors (Lipinski definition) is 3. The van der Waals surface area contributed by atoms with Gasteiger partial charge in [0.25, 0.3) is 11.7 Å². The molecule has 2 N–H and O–H groups in total. The van der Waals surface area contributed by atoms with Crippen LogP contribution in [0.25, 0.3) is 0 Å². The summed E-state index contributed by atoms with van der Waals surface area (Å²) in [7, 11) is 0. The third-order valence-electron chi connectivity index (χ3n) is 4.22. The van der Waals surface area contributed by atoms with E-state index in [1.54, 1.807) is 0 Å². The molecule has 0 bridgehead atoms. The first-order valence-corrected chi connectivity index (χ1v) is 7.98. The molecule has 0 saturated carbocycles. The fraction of sp³-hybridized carbons (Fsp3) is 0.235. The molecule has 1 aliphatic rings. The normalized spacial score (nSPS) is 15.6. The molecule has 3 rings (SSSR count). The smallest absolute Gasteiger partial charge is 0.377 e. The van der Waals surface area contributed by atoms with E-state index in [0.717, 1.165) is 6.07 Å². The number of aromatic nitrogens is 1. The highest BCUT2D eigenvalue weighted by molar-refractivity contribution is 6.41. The molecular formula is C17H13ClF2N2O4.